The number of ether oxygens (including phenoxy) is 1. The third-order valence-corrected chi connectivity index (χ3v) is 5.54. The molecule has 0 spiro atoms. The number of aryl methyl sites for hydroxylation is 1. The molecule has 0 unspecified atom stereocenters. The van der Waals surface area contributed by atoms with E-state index >= 15 is 0 Å². The molecule has 0 aliphatic rings. The first-order chi connectivity index (χ1) is 11.0. The Morgan fingerprint density at radius 1 is 1.52 bits per heavy atom. The van der Waals surface area contributed by atoms with E-state index in [9.17, 15) is 4.79 Å². The number of carbonyl (C=O) groups excluding carboxylic acids is 1. The number of hydrogen-bond donors (Lipinski definition) is 1. The van der Waals surface area contributed by atoms with Crippen molar-refractivity contribution in [3.8, 4) is 5.69 Å². The summed E-state index contributed by atoms with van der Waals surface area (Å²) in [5, 5.41) is 7.14. The molecule has 0 bridgehead atoms. The number of methoxy groups -OCH3 is 1. The van der Waals surface area contributed by atoms with Gasteiger partial charge in [-0.1, -0.05) is 41.3 Å². The van der Waals surface area contributed by atoms with Gasteiger partial charge in [-0.25, -0.2) is 4.68 Å². The molecule has 0 aliphatic heterocycles. The SMILES string of the molecule is COCCNC(=O)[C@@H](C)Sc1nn(-c2ccccc2C)c(=S)s1. The van der Waals surface area contributed by atoms with Crippen molar-refractivity contribution >= 4 is 41.2 Å². The summed E-state index contributed by atoms with van der Waals surface area (Å²) in [7, 11) is 1.61. The highest BCUT2D eigenvalue weighted by molar-refractivity contribution is 8.02. The molecule has 1 N–H and O–H groups in total. The Balaban J connectivity index is 2.08. The number of nitrogens with zero attached hydrogens (tertiary/aromatic N) is 2. The molecule has 0 radical (unpaired) electrons. The molecule has 1 heterocycles. The molecule has 1 atom stereocenters. The van der Waals surface area contributed by atoms with Crippen LogP contribution < -0.4 is 5.32 Å². The van der Waals surface area contributed by atoms with Crippen LogP contribution in [0.3, 0.4) is 0 Å². The highest BCUT2D eigenvalue weighted by atomic mass is 32.2. The molecule has 2 aromatic rings. The summed E-state index contributed by atoms with van der Waals surface area (Å²) in [6, 6.07) is 7.95. The first-order valence-corrected chi connectivity index (χ1v) is 9.23. The molecule has 0 saturated heterocycles. The molecule has 23 heavy (non-hydrogen) atoms. The second kappa shape index (κ2) is 8.58. The Morgan fingerprint density at radius 3 is 2.96 bits per heavy atom. The van der Waals surface area contributed by atoms with Gasteiger partial charge >= 0.3 is 0 Å². The second-order valence-corrected chi connectivity index (χ2v) is 8.09. The van der Waals surface area contributed by atoms with Gasteiger partial charge in [0.05, 0.1) is 17.5 Å². The summed E-state index contributed by atoms with van der Waals surface area (Å²) < 4.78 is 8.14. The fourth-order valence-corrected chi connectivity index (χ4v) is 4.40. The Kier molecular flexibility index (Phi) is 6.76. The zero-order valence-electron chi connectivity index (χ0n) is 13.2. The van der Waals surface area contributed by atoms with Gasteiger partial charge in [-0.15, -0.1) is 5.10 Å². The third-order valence-electron chi connectivity index (χ3n) is 3.13. The van der Waals surface area contributed by atoms with Crippen molar-refractivity contribution in [3.05, 3.63) is 33.8 Å². The van der Waals surface area contributed by atoms with Crippen LogP contribution in [0.25, 0.3) is 5.69 Å². The predicted octanol–water partition coefficient (Wildman–Crippen LogP) is 3.21. The molecule has 0 saturated carbocycles. The van der Waals surface area contributed by atoms with Crippen LogP contribution in [0.4, 0.5) is 0 Å². The van der Waals surface area contributed by atoms with Gasteiger partial charge in [0.2, 0.25) is 5.91 Å². The van der Waals surface area contributed by atoms with Crippen LogP contribution in [0.15, 0.2) is 28.6 Å². The normalized spacial score (nSPS) is 12.1. The van der Waals surface area contributed by atoms with Gasteiger partial charge in [-0.3, -0.25) is 4.79 Å². The van der Waals surface area contributed by atoms with E-state index in [-0.39, 0.29) is 11.2 Å². The Bertz CT molecular complexity index is 727. The minimum Gasteiger partial charge on any atom is -0.383 e. The molecule has 1 aromatic heterocycles. The number of carbonyl (C=O) groups is 1. The minimum absolute atomic E-state index is 0.0318. The molecular formula is C15H19N3O2S3. The maximum atomic E-state index is 12.0. The zero-order valence-corrected chi connectivity index (χ0v) is 15.7. The van der Waals surface area contributed by atoms with Gasteiger partial charge in [0.25, 0.3) is 0 Å². The second-order valence-electron chi connectivity index (χ2n) is 4.88. The average Bonchev–Trinajstić information content (AvgIpc) is 2.88. The first kappa shape index (κ1) is 18.1. The van der Waals surface area contributed by atoms with E-state index in [4.69, 9.17) is 17.0 Å². The Labute approximate surface area is 149 Å². The van der Waals surface area contributed by atoms with Crippen LogP contribution >= 0.6 is 35.3 Å². The lowest BCUT2D eigenvalue weighted by Crippen LogP contribution is -2.33. The molecule has 0 aliphatic carbocycles. The summed E-state index contributed by atoms with van der Waals surface area (Å²) in [5.41, 5.74) is 2.08. The highest BCUT2D eigenvalue weighted by Gasteiger charge is 2.17. The van der Waals surface area contributed by atoms with Crippen molar-refractivity contribution in [2.45, 2.75) is 23.4 Å². The first-order valence-electron chi connectivity index (χ1n) is 7.12. The fraction of sp³-hybridized carbons (Fsp3) is 0.400. The van der Waals surface area contributed by atoms with Gasteiger partial charge in [-0.2, -0.15) is 0 Å². The van der Waals surface area contributed by atoms with Crippen LogP contribution in [-0.4, -0.2) is 41.2 Å². The van der Waals surface area contributed by atoms with E-state index in [1.54, 1.807) is 11.8 Å². The van der Waals surface area contributed by atoms with Crippen molar-refractivity contribution in [3.63, 3.8) is 0 Å². The molecule has 2 rings (SSSR count). The molecule has 1 aromatic carbocycles. The molecule has 0 fully saturated rings. The lowest BCUT2D eigenvalue weighted by molar-refractivity contribution is -0.120. The number of amides is 1. The summed E-state index contributed by atoms with van der Waals surface area (Å²) in [6.07, 6.45) is 0. The van der Waals surface area contributed by atoms with E-state index in [1.807, 2.05) is 38.1 Å². The summed E-state index contributed by atoms with van der Waals surface area (Å²) in [4.78, 5) is 12.0. The molecule has 124 valence electrons. The van der Waals surface area contributed by atoms with E-state index in [0.717, 1.165) is 15.6 Å². The lowest BCUT2D eigenvalue weighted by Gasteiger charge is -2.09. The maximum absolute atomic E-state index is 12.0. The Morgan fingerprint density at radius 2 is 2.26 bits per heavy atom. The van der Waals surface area contributed by atoms with Crippen LogP contribution in [0, 0.1) is 10.9 Å². The number of para-hydroxylation sites is 1. The van der Waals surface area contributed by atoms with Crippen molar-refractivity contribution in [2.24, 2.45) is 0 Å². The van der Waals surface area contributed by atoms with Crippen molar-refractivity contribution < 1.29 is 9.53 Å². The fourth-order valence-electron chi connectivity index (χ4n) is 1.89. The van der Waals surface area contributed by atoms with Gasteiger partial charge in [0.1, 0.15) is 0 Å². The monoisotopic (exact) mass is 369 g/mol. The number of benzene rings is 1. The molecular weight excluding hydrogens is 350 g/mol. The van der Waals surface area contributed by atoms with E-state index in [1.165, 1.54) is 23.1 Å². The predicted molar refractivity (Wildman–Crippen MR) is 97.2 cm³/mol. The van der Waals surface area contributed by atoms with Gasteiger partial charge in [-0.05, 0) is 37.7 Å². The number of rotatable bonds is 7. The van der Waals surface area contributed by atoms with Crippen LogP contribution in [-0.2, 0) is 9.53 Å². The number of aromatic nitrogens is 2. The number of hydrogen-bond acceptors (Lipinski definition) is 6. The summed E-state index contributed by atoms with van der Waals surface area (Å²) in [6.45, 7) is 4.89. The van der Waals surface area contributed by atoms with Gasteiger partial charge < -0.3 is 10.1 Å². The zero-order chi connectivity index (χ0) is 16.8. The van der Waals surface area contributed by atoms with E-state index < -0.39 is 0 Å². The standard InChI is InChI=1S/C15H19N3O2S3/c1-10-6-4-5-7-12(10)18-15(21)23-14(17-18)22-11(2)13(19)16-8-9-20-3/h4-7,11H,8-9H2,1-3H3,(H,16,19)/t11-/m1/s1. The maximum Gasteiger partial charge on any atom is 0.233 e. The van der Waals surface area contributed by atoms with E-state index in [0.29, 0.717) is 17.1 Å². The van der Waals surface area contributed by atoms with Crippen molar-refractivity contribution in [1.82, 2.24) is 15.1 Å². The topological polar surface area (TPSA) is 56.1 Å². The third kappa shape index (κ3) is 4.87. The summed E-state index contributed by atoms with van der Waals surface area (Å²) >= 11 is 8.24. The molecule has 5 nitrogen and oxygen atoms in total. The largest absolute Gasteiger partial charge is 0.383 e. The van der Waals surface area contributed by atoms with Gasteiger partial charge in [0, 0.05) is 13.7 Å². The van der Waals surface area contributed by atoms with Crippen LogP contribution in [0.1, 0.15) is 12.5 Å². The van der Waals surface area contributed by atoms with Crippen molar-refractivity contribution in [1.29, 1.82) is 0 Å². The summed E-state index contributed by atoms with van der Waals surface area (Å²) in [5.74, 6) is -0.0318. The molecule has 1 amide bonds. The minimum atomic E-state index is -0.238. The Hall–Kier alpha value is -1.22. The quantitative estimate of drug-likeness (QED) is 0.461. The average molecular weight is 370 g/mol. The lowest BCUT2D eigenvalue weighted by atomic mass is 10.2. The van der Waals surface area contributed by atoms with Gasteiger partial charge in [0.15, 0.2) is 8.29 Å². The molecule has 8 heteroatoms. The van der Waals surface area contributed by atoms with Crippen molar-refractivity contribution in [2.75, 3.05) is 20.3 Å². The highest BCUT2D eigenvalue weighted by Crippen LogP contribution is 2.28. The smallest absolute Gasteiger partial charge is 0.233 e. The van der Waals surface area contributed by atoms with Crippen LogP contribution in [0.2, 0.25) is 0 Å². The number of thioether (sulfide) groups is 1. The van der Waals surface area contributed by atoms with Crippen LogP contribution in [0.5, 0.6) is 0 Å². The van der Waals surface area contributed by atoms with E-state index in [2.05, 4.69) is 10.4 Å². The number of nitrogens with one attached hydrogen (secondary N) is 1.